The maximum absolute atomic E-state index is 12.4. The van der Waals surface area contributed by atoms with Crippen LogP contribution in [0.3, 0.4) is 0 Å². The van der Waals surface area contributed by atoms with Crippen molar-refractivity contribution >= 4 is 5.91 Å². The fraction of sp³-hybridized carbons (Fsp3) is 0.0833. The van der Waals surface area contributed by atoms with Crippen LogP contribution < -0.4 is 10.1 Å². The zero-order valence-corrected chi connectivity index (χ0v) is 16.1. The number of hydrogen-bond acceptors (Lipinski definition) is 3. The number of nitrogens with one attached hydrogen (secondary N) is 2. The van der Waals surface area contributed by atoms with Crippen LogP contribution in [0.5, 0.6) is 5.75 Å². The van der Waals surface area contributed by atoms with Gasteiger partial charge in [0.05, 0.1) is 19.0 Å². The lowest BCUT2D eigenvalue weighted by molar-refractivity contribution is 0.0950. The monoisotopic (exact) mass is 383 g/mol. The van der Waals surface area contributed by atoms with Gasteiger partial charge in [-0.2, -0.15) is 0 Å². The van der Waals surface area contributed by atoms with Crippen molar-refractivity contribution in [2.45, 2.75) is 6.54 Å². The molecular formula is C24H21N3O2. The lowest BCUT2D eigenvalue weighted by Crippen LogP contribution is -2.22. The van der Waals surface area contributed by atoms with Gasteiger partial charge in [-0.15, -0.1) is 0 Å². The molecule has 4 aromatic rings. The number of methoxy groups -OCH3 is 1. The van der Waals surface area contributed by atoms with Crippen molar-refractivity contribution in [1.29, 1.82) is 0 Å². The number of hydrogen-bond donors (Lipinski definition) is 2. The van der Waals surface area contributed by atoms with Crippen LogP contribution in [-0.4, -0.2) is 23.0 Å². The molecule has 5 nitrogen and oxygen atoms in total. The molecule has 1 amide bonds. The van der Waals surface area contributed by atoms with E-state index in [9.17, 15) is 4.79 Å². The van der Waals surface area contributed by atoms with Crippen molar-refractivity contribution in [2.75, 3.05) is 7.11 Å². The number of imidazole rings is 1. The average molecular weight is 383 g/mol. The number of rotatable bonds is 6. The Kier molecular flexibility index (Phi) is 5.38. The molecule has 1 heterocycles. The summed E-state index contributed by atoms with van der Waals surface area (Å²) in [7, 11) is 1.58. The first-order valence-electron chi connectivity index (χ1n) is 9.35. The first-order valence-corrected chi connectivity index (χ1v) is 9.35. The van der Waals surface area contributed by atoms with E-state index in [-0.39, 0.29) is 5.91 Å². The summed E-state index contributed by atoms with van der Waals surface area (Å²) in [6, 6.07) is 25.2. The van der Waals surface area contributed by atoms with Crippen molar-refractivity contribution in [2.24, 2.45) is 0 Å². The SMILES string of the molecule is COc1cccc(C(=O)NCc2cccc(-c3ncc(-c4ccccc4)[nH]3)c2)c1. The van der Waals surface area contributed by atoms with Gasteiger partial charge in [0, 0.05) is 17.7 Å². The van der Waals surface area contributed by atoms with Crippen molar-refractivity contribution in [3.05, 3.63) is 96.2 Å². The Balaban J connectivity index is 1.46. The molecule has 5 heteroatoms. The number of aromatic nitrogens is 2. The van der Waals surface area contributed by atoms with Gasteiger partial charge in [0.1, 0.15) is 11.6 Å². The fourth-order valence-electron chi connectivity index (χ4n) is 3.11. The highest BCUT2D eigenvalue weighted by Gasteiger charge is 2.09. The van der Waals surface area contributed by atoms with E-state index in [0.29, 0.717) is 17.9 Å². The summed E-state index contributed by atoms with van der Waals surface area (Å²) >= 11 is 0. The Morgan fingerprint density at radius 3 is 2.59 bits per heavy atom. The normalized spacial score (nSPS) is 10.5. The Labute approximate surface area is 169 Å². The van der Waals surface area contributed by atoms with Crippen LogP contribution in [-0.2, 0) is 6.54 Å². The van der Waals surface area contributed by atoms with Gasteiger partial charge in [-0.3, -0.25) is 4.79 Å². The van der Waals surface area contributed by atoms with Crippen LogP contribution in [0.25, 0.3) is 22.6 Å². The van der Waals surface area contributed by atoms with Crippen molar-refractivity contribution in [3.8, 4) is 28.4 Å². The van der Waals surface area contributed by atoms with E-state index in [1.807, 2.05) is 66.9 Å². The third-order valence-corrected chi connectivity index (χ3v) is 4.65. The third kappa shape index (κ3) is 4.35. The van der Waals surface area contributed by atoms with E-state index in [2.05, 4.69) is 15.3 Å². The van der Waals surface area contributed by atoms with Crippen LogP contribution in [0.15, 0.2) is 85.1 Å². The summed E-state index contributed by atoms with van der Waals surface area (Å²) in [4.78, 5) is 20.3. The summed E-state index contributed by atoms with van der Waals surface area (Å²) in [5, 5.41) is 2.95. The molecule has 0 radical (unpaired) electrons. The minimum absolute atomic E-state index is 0.140. The highest BCUT2D eigenvalue weighted by molar-refractivity contribution is 5.94. The maximum Gasteiger partial charge on any atom is 0.251 e. The zero-order valence-electron chi connectivity index (χ0n) is 16.1. The summed E-state index contributed by atoms with van der Waals surface area (Å²) in [5.74, 6) is 1.31. The molecule has 1 aromatic heterocycles. The van der Waals surface area contributed by atoms with Gasteiger partial charge in [-0.25, -0.2) is 4.98 Å². The molecule has 0 aliphatic carbocycles. The maximum atomic E-state index is 12.4. The van der Waals surface area contributed by atoms with Crippen LogP contribution in [0, 0.1) is 0 Å². The second kappa shape index (κ2) is 8.44. The third-order valence-electron chi connectivity index (χ3n) is 4.65. The molecule has 3 aromatic carbocycles. The molecular weight excluding hydrogens is 362 g/mol. The van der Waals surface area contributed by atoms with E-state index in [1.165, 1.54) is 0 Å². The molecule has 0 spiro atoms. The van der Waals surface area contributed by atoms with Gasteiger partial charge in [-0.05, 0) is 35.4 Å². The molecule has 0 unspecified atom stereocenters. The van der Waals surface area contributed by atoms with Gasteiger partial charge in [0.25, 0.3) is 5.91 Å². The summed E-state index contributed by atoms with van der Waals surface area (Å²) < 4.78 is 5.18. The number of H-pyrrole nitrogens is 1. The summed E-state index contributed by atoms with van der Waals surface area (Å²) in [6.45, 7) is 0.427. The Bertz CT molecular complexity index is 1120. The molecule has 0 aliphatic heterocycles. The quantitative estimate of drug-likeness (QED) is 0.508. The second-order valence-corrected chi connectivity index (χ2v) is 6.63. The first kappa shape index (κ1) is 18.5. The Morgan fingerprint density at radius 2 is 1.76 bits per heavy atom. The van der Waals surface area contributed by atoms with Gasteiger partial charge in [0.2, 0.25) is 0 Å². The van der Waals surface area contributed by atoms with Crippen LogP contribution in [0.2, 0.25) is 0 Å². The molecule has 2 N–H and O–H groups in total. The summed E-state index contributed by atoms with van der Waals surface area (Å²) in [5.41, 5.74) is 4.60. The Morgan fingerprint density at radius 1 is 0.966 bits per heavy atom. The predicted octanol–water partition coefficient (Wildman–Crippen LogP) is 4.68. The predicted molar refractivity (Wildman–Crippen MR) is 114 cm³/mol. The highest BCUT2D eigenvalue weighted by Crippen LogP contribution is 2.22. The van der Waals surface area contributed by atoms with Crippen molar-refractivity contribution < 1.29 is 9.53 Å². The number of carbonyl (C=O) groups is 1. The number of nitrogens with zero attached hydrogens (tertiary/aromatic N) is 1. The van der Waals surface area contributed by atoms with Gasteiger partial charge in [0.15, 0.2) is 0 Å². The van der Waals surface area contributed by atoms with E-state index < -0.39 is 0 Å². The lowest BCUT2D eigenvalue weighted by Gasteiger charge is -2.08. The van der Waals surface area contributed by atoms with E-state index >= 15 is 0 Å². The molecule has 0 atom stereocenters. The summed E-state index contributed by atoms with van der Waals surface area (Å²) in [6.07, 6.45) is 1.84. The van der Waals surface area contributed by atoms with E-state index in [0.717, 1.165) is 28.2 Å². The van der Waals surface area contributed by atoms with Gasteiger partial charge in [-0.1, -0.05) is 54.6 Å². The Hall–Kier alpha value is -3.86. The van der Waals surface area contributed by atoms with Gasteiger partial charge >= 0.3 is 0 Å². The number of carbonyl (C=O) groups excluding carboxylic acids is 1. The molecule has 0 saturated carbocycles. The van der Waals surface area contributed by atoms with Crippen molar-refractivity contribution in [1.82, 2.24) is 15.3 Å². The van der Waals surface area contributed by atoms with Crippen LogP contribution in [0.1, 0.15) is 15.9 Å². The molecule has 0 aliphatic rings. The van der Waals surface area contributed by atoms with E-state index in [4.69, 9.17) is 4.74 Å². The lowest BCUT2D eigenvalue weighted by atomic mass is 10.1. The molecule has 0 saturated heterocycles. The zero-order chi connectivity index (χ0) is 20.1. The molecule has 0 fully saturated rings. The minimum Gasteiger partial charge on any atom is -0.497 e. The number of ether oxygens (including phenoxy) is 1. The van der Waals surface area contributed by atoms with Crippen LogP contribution >= 0.6 is 0 Å². The highest BCUT2D eigenvalue weighted by atomic mass is 16.5. The fourth-order valence-corrected chi connectivity index (χ4v) is 3.11. The van der Waals surface area contributed by atoms with Crippen molar-refractivity contribution in [3.63, 3.8) is 0 Å². The molecule has 29 heavy (non-hydrogen) atoms. The first-order chi connectivity index (χ1) is 14.2. The second-order valence-electron chi connectivity index (χ2n) is 6.63. The molecule has 0 bridgehead atoms. The largest absolute Gasteiger partial charge is 0.497 e. The number of benzene rings is 3. The average Bonchev–Trinajstić information content (AvgIpc) is 3.29. The smallest absolute Gasteiger partial charge is 0.251 e. The molecule has 4 rings (SSSR count). The van der Waals surface area contributed by atoms with Gasteiger partial charge < -0.3 is 15.0 Å². The van der Waals surface area contributed by atoms with E-state index in [1.54, 1.807) is 25.3 Å². The topological polar surface area (TPSA) is 67.0 Å². The number of amides is 1. The molecule has 144 valence electrons. The van der Waals surface area contributed by atoms with Crippen LogP contribution in [0.4, 0.5) is 0 Å². The number of aromatic amines is 1. The minimum atomic E-state index is -0.140. The standard InChI is InChI=1S/C24H21N3O2/c1-29-21-12-6-11-20(14-21)24(28)26-15-17-7-5-10-19(13-17)23-25-16-22(27-23)18-8-3-2-4-9-18/h2-14,16H,15H2,1H3,(H,25,27)(H,26,28).